The van der Waals surface area contributed by atoms with Gasteiger partial charge in [0.2, 0.25) is 5.91 Å². The lowest BCUT2D eigenvalue weighted by Crippen LogP contribution is -2.59. The number of piperidine rings is 1. The van der Waals surface area contributed by atoms with Crippen LogP contribution >= 0.6 is 0 Å². The molecule has 3 atom stereocenters. The molecule has 1 aromatic rings. The second-order valence-corrected chi connectivity index (χ2v) is 9.04. The Morgan fingerprint density at radius 3 is 2.53 bits per heavy atom. The average Bonchev–Trinajstić information content (AvgIpc) is 3.51. The quantitative estimate of drug-likeness (QED) is 0.446. The van der Waals surface area contributed by atoms with Crippen LogP contribution in [0, 0.1) is 36.5 Å². The molecule has 0 aromatic heterocycles. The van der Waals surface area contributed by atoms with E-state index in [9.17, 15) is 20.1 Å². The van der Waals surface area contributed by atoms with Crippen LogP contribution < -0.4 is 16.1 Å². The lowest BCUT2D eigenvalue weighted by atomic mass is 9.78. The number of hydrogen-bond acceptors (Lipinski definition) is 6. The van der Waals surface area contributed by atoms with Gasteiger partial charge in [-0.05, 0) is 67.2 Å². The van der Waals surface area contributed by atoms with Crippen LogP contribution in [0.25, 0.3) is 5.57 Å². The number of nitrogens with zero attached hydrogens (tertiary/aromatic N) is 1. The molecule has 2 heterocycles. The number of benzene rings is 1. The molecule has 1 aliphatic carbocycles. The number of aryl methyl sites for hydroxylation is 2. The van der Waals surface area contributed by atoms with Gasteiger partial charge in [-0.1, -0.05) is 18.2 Å². The summed E-state index contributed by atoms with van der Waals surface area (Å²) in [5.74, 6) is -1.09. The SMILES string of the molecule is Cc1cc(C2=CCNC(C(=O)[C@H]3NCC4(CC4)C[C@@H]3C(=O)NO)C2)cc(C)c1C#N. The Kier molecular flexibility index (Phi) is 5.49. The van der Waals surface area contributed by atoms with Gasteiger partial charge in [-0.2, -0.15) is 5.26 Å². The zero-order valence-electron chi connectivity index (χ0n) is 17.4. The van der Waals surface area contributed by atoms with Gasteiger partial charge in [-0.15, -0.1) is 0 Å². The number of nitrogens with one attached hydrogen (secondary N) is 3. The van der Waals surface area contributed by atoms with Crippen molar-refractivity contribution in [2.24, 2.45) is 11.3 Å². The summed E-state index contributed by atoms with van der Waals surface area (Å²) in [7, 11) is 0. The number of carbonyl (C=O) groups is 2. The minimum absolute atomic E-state index is 0.0354. The fourth-order valence-electron chi connectivity index (χ4n) is 4.99. The number of nitriles is 1. The monoisotopic (exact) mass is 408 g/mol. The van der Waals surface area contributed by atoms with E-state index in [-0.39, 0.29) is 11.2 Å². The van der Waals surface area contributed by atoms with E-state index in [1.165, 1.54) is 0 Å². The summed E-state index contributed by atoms with van der Waals surface area (Å²) < 4.78 is 0. The fourth-order valence-corrected chi connectivity index (χ4v) is 4.99. The maximum Gasteiger partial charge on any atom is 0.248 e. The standard InChI is InChI=1S/C23H28N4O3/c1-13-7-16(8-14(2)18(13)11-24)15-3-6-25-19(9-15)21(28)20-17(22(29)27-30)10-23(4-5-23)12-26-20/h3,7-8,17,19-20,25-26,30H,4-6,9-10,12H2,1-2H3,(H,27,29)/t17-,19?,20-/m0/s1. The maximum atomic E-state index is 13.4. The molecule has 1 amide bonds. The molecule has 0 radical (unpaired) electrons. The number of Topliss-reactive ketones (excluding diaryl/α,β-unsaturated/α-hetero) is 1. The van der Waals surface area contributed by atoms with Gasteiger partial charge in [-0.25, -0.2) is 5.48 Å². The van der Waals surface area contributed by atoms with E-state index in [1.54, 1.807) is 5.48 Å². The Morgan fingerprint density at radius 2 is 1.93 bits per heavy atom. The number of rotatable bonds is 4. The predicted molar refractivity (Wildman–Crippen MR) is 112 cm³/mol. The van der Waals surface area contributed by atoms with Crippen molar-refractivity contribution in [3.8, 4) is 6.07 Å². The first-order valence-electron chi connectivity index (χ1n) is 10.5. The van der Waals surface area contributed by atoms with Gasteiger partial charge in [-0.3, -0.25) is 14.8 Å². The zero-order chi connectivity index (χ0) is 21.5. The molecule has 30 heavy (non-hydrogen) atoms. The van der Waals surface area contributed by atoms with E-state index in [0.717, 1.165) is 41.6 Å². The summed E-state index contributed by atoms with van der Waals surface area (Å²) in [6.45, 7) is 5.16. The fraction of sp³-hybridized carbons (Fsp3) is 0.522. The number of hydrogen-bond donors (Lipinski definition) is 4. The maximum absolute atomic E-state index is 13.4. The highest BCUT2D eigenvalue weighted by Gasteiger charge is 2.52. The van der Waals surface area contributed by atoms with E-state index < -0.39 is 23.9 Å². The second-order valence-electron chi connectivity index (χ2n) is 9.04. The van der Waals surface area contributed by atoms with Gasteiger partial charge < -0.3 is 10.6 Å². The molecule has 1 aromatic carbocycles. The van der Waals surface area contributed by atoms with E-state index >= 15 is 0 Å². The largest absolute Gasteiger partial charge is 0.306 e. The van der Waals surface area contributed by atoms with E-state index in [4.69, 9.17) is 0 Å². The van der Waals surface area contributed by atoms with Gasteiger partial charge in [0.1, 0.15) is 0 Å². The molecule has 2 fully saturated rings. The Labute approximate surface area is 176 Å². The van der Waals surface area contributed by atoms with Crippen LogP contribution in [0.5, 0.6) is 0 Å². The molecule has 2 aliphatic heterocycles. The van der Waals surface area contributed by atoms with Crippen molar-refractivity contribution >= 4 is 17.3 Å². The van der Waals surface area contributed by atoms with E-state index in [2.05, 4.69) is 22.8 Å². The predicted octanol–water partition coefficient (Wildman–Crippen LogP) is 1.75. The minimum atomic E-state index is -0.607. The Balaban J connectivity index is 1.52. The summed E-state index contributed by atoms with van der Waals surface area (Å²) in [6.07, 6.45) is 5.35. The first-order valence-corrected chi connectivity index (χ1v) is 10.5. The van der Waals surface area contributed by atoms with Crippen LogP contribution in [0.2, 0.25) is 0 Å². The van der Waals surface area contributed by atoms with E-state index in [0.29, 0.717) is 24.9 Å². The Morgan fingerprint density at radius 1 is 1.23 bits per heavy atom. The molecule has 4 N–H and O–H groups in total. The van der Waals surface area contributed by atoms with Gasteiger partial charge in [0, 0.05) is 13.1 Å². The van der Waals surface area contributed by atoms with Gasteiger partial charge in [0.05, 0.1) is 29.6 Å². The summed E-state index contributed by atoms with van der Waals surface area (Å²) in [5, 5.41) is 25.1. The van der Waals surface area contributed by atoms with Crippen molar-refractivity contribution in [3.05, 3.63) is 40.5 Å². The zero-order valence-corrected chi connectivity index (χ0v) is 17.4. The molecule has 3 aliphatic rings. The number of amides is 1. The third-order valence-electron chi connectivity index (χ3n) is 6.96. The summed E-state index contributed by atoms with van der Waals surface area (Å²) in [4.78, 5) is 25.7. The third kappa shape index (κ3) is 3.79. The minimum Gasteiger partial charge on any atom is -0.306 e. The topological polar surface area (TPSA) is 114 Å². The number of ketones is 1. The lowest BCUT2D eigenvalue weighted by molar-refractivity contribution is -0.140. The number of carbonyl (C=O) groups excluding carboxylic acids is 2. The van der Waals surface area contributed by atoms with Gasteiger partial charge >= 0.3 is 0 Å². The molecule has 7 nitrogen and oxygen atoms in total. The van der Waals surface area contributed by atoms with Crippen molar-refractivity contribution in [2.45, 2.75) is 51.6 Å². The second kappa shape index (κ2) is 7.95. The van der Waals surface area contributed by atoms with Gasteiger partial charge in [0.25, 0.3) is 0 Å². The molecular weight excluding hydrogens is 380 g/mol. The van der Waals surface area contributed by atoms with Crippen molar-refractivity contribution in [1.29, 1.82) is 5.26 Å². The summed E-state index contributed by atoms with van der Waals surface area (Å²) >= 11 is 0. The van der Waals surface area contributed by atoms with Gasteiger partial charge in [0.15, 0.2) is 5.78 Å². The van der Waals surface area contributed by atoms with Crippen LogP contribution in [-0.2, 0) is 9.59 Å². The molecular formula is C23H28N4O3. The van der Waals surface area contributed by atoms with Crippen molar-refractivity contribution in [3.63, 3.8) is 0 Å². The van der Waals surface area contributed by atoms with E-state index in [1.807, 2.05) is 26.0 Å². The molecule has 4 rings (SSSR count). The highest BCUT2D eigenvalue weighted by atomic mass is 16.5. The van der Waals surface area contributed by atoms with Crippen molar-refractivity contribution < 1.29 is 14.8 Å². The Bertz CT molecular complexity index is 935. The first-order chi connectivity index (χ1) is 14.4. The third-order valence-corrected chi connectivity index (χ3v) is 6.96. The van der Waals surface area contributed by atoms with Crippen LogP contribution in [-0.4, -0.2) is 42.1 Å². The Hall–Kier alpha value is -2.53. The molecule has 1 saturated heterocycles. The molecule has 1 spiro atoms. The molecule has 1 saturated carbocycles. The highest BCUT2D eigenvalue weighted by molar-refractivity contribution is 5.96. The highest BCUT2D eigenvalue weighted by Crippen LogP contribution is 2.52. The summed E-state index contributed by atoms with van der Waals surface area (Å²) in [6, 6.07) is 5.24. The average molecular weight is 409 g/mol. The molecule has 0 bridgehead atoms. The van der Waals surface area contributed by atoms with Crippen LogP contribution in [0.15, 0.2) is 18.2 Å². The van der Waals surface area contributed by atoms with Crippen LogP contribution in [0.4, 0.5) is 0 Å². The number of hydroxylamine groups is 1. The molecule has 1 unspecified atom stereocenters. The van der Waals surface area contributed by atoms with Crippen molar-refractivity contribution in [2.75, 3.05) is 13.1 Å². The van der Waals surface area contributed by atoms with Crippen LogP contribution in [0.3, 0.4) is 0 Å². The lowest BCUT2D eigenvalue weighted by Gasteiger charge is -2.37. The first kappa shape index (κ1) is 20.7. The molecule has 7 heteroatoms. The smallest absolute Gasteiger partial charge is 0.248 e. The van der Waals surface area contributed by atoms with Crippen LogP contribution in [0.1, 0.15) is 47.9 Å². The normalized spacial score (nSPS) is 27.1. The van der Waals surface area contributed by atoms with Crippen molar-refractivity contribution in [1.82, 2.24) is 16.1 Å². The summed E-state index contributed by atoms with van der Waals surface area (Å²) in [5.41, 5.74) is 6.51. The molecule has 158 valence electrons.